The Kier molecular flexibility index (Phi) is 5.53. The van der Waals surface area contributed by atoms with Crippen LogP contribution in [0.3, 0.4) is 0 Å². The van der Waals surface area contributed by atoms with Gasteiger partial charge in [0, 0.05) is 23.0 Å². The van der Waals surface area contributed by atoms with Gasteiger partial charge in [-0.15, -0.1) is 0 Å². The second-order valence-corrected chi connectivity index (χ2v) is 10.1. The zero-order valence-electron chi connectivity index (χ0n) is 18.7. The van der Waals surface area contributed by atoms with Gasteiger partial charge in [0.1, 0.15) is 11.2 Å². The van der Waals surface area contributed by atoms with Gasteiger partial charge in [-0.1, -0.05) is 63.1 Å². The summed E-state index contributed by atoms with van der Waals surface area (Å²) in [6.07, 6.45) is 12.6. The molecule has 1 N–H and O–H groups in total. The van der Waals surface area contributed by atoms with Gasteiger partial charge in [0.25, 0.3) is 5.91 Å². The van der Waals surface area contributed by atoms with E-state index in [1.54, 1.807) is 0 Å². The minimum absolute atomic E-state index is 0.0182. The number of aromatic nitrogens is 1. The molecule has 2 fully saturated rings. The van der Waals surface area contributed by atoms with Crippen LogP contribution in [-0.4, -0.2) is 38.9 Å². The van der Waals surface area contributed by atoms with Crippen LogP contribution in [0.15, 0.2) is 30.3 Å². The summed E-state index contributed by atoms with van der Waals surface area (Å²) < 4.78 is 2.08. The molecule has 5 heteroatoms. The number of para-hydroxylation sites is 1. The standard InChI is InChI=1S/C26H35N3O2/c1-26(25(31)27-20-12-5-3-2-4-6-13-20)18-28-22-16-10-7-11-19(22)17-23(28)24(30)29(26)21-14-8-9-15-21/h7,10-11,16-17,20-21H,2-6,8-9,12-15,18H2,1H3,(H,27,31)/t26-/m0/s1. The van der Waals surface area contributed by atoms with Crippen LogP contribution in [0.25, 0.3) is 10.9 Å². The van der Waals surface area contributed by atoms with Crippen LogP contribution in [0, 0.1) is 0 Å². The number of carbonyl (C=O) groups excluding carboxylic acids is 2. The lowest BCUT2D eigenvalue weighted by Gasteiger charge is -2.47. The maximum Gasteiger partial charge on any atom is 0.271 e. The molecule has 5 rings (SSSR count). The SMILES string of the molecule is C[C@@]1(C(=O)NC2CCCCCCC2)Cn2c(cc3ccccc32)C(=O)N1C1CCCC1. The molecule has 2 saturated carbocycles. The highest BCUT2D eigenvalue weighted by Gasteiger charge is 2.51. The van der Waals surface area contributed by atoms with Gasteiger partial charge >= 0.3 is 0 Å². The molecule has 2 aliphatic carbocycles. The van der Waals surface area contributed by atoms with E-state index in [2.05, 4.69) is 22.0 Å². The quantitative estimate of drug-likeness (QED) is 0.756. The molecule has 0 bridgehead atoms. The van der Waals surface area contributed by atoms with E-state index in [1.165, 1.54) is 32.1 Å². The van der Waals surface area contributed by atoms with Crippen molar-refractivity contribution in [2.45, 2.75) is 102 Å². The Morgan fingerprint density at radius 1 is 0.968 bits per heavy atom. The first-order valence-corrected chi connectivity index (χ1v) is 12.3. The second kappa shape index (κ2) is 8.33. The van der Waals surface area contributed by atoms with Gasteiger partial charge in [0.05, 0.1) is 6.54 Å². The molecule has 0 radical (unpaired) electrons. The van der Waals surface area contributed by atoms with Gasteiger partial charge in [0.15, 0.2) is 0 Å². The van der Waals surface area contributed by atoms with E-state index in [0.29, 0.717) is 6.54 Å². The van der Waals surface area contributed by atoms with Gasteiger partial charge in [-0.2, -0.15) is 0 Å². The van der Waals surface area contributed by atoms with Crippen molar-refractivity contribution in [1.82, 2.24) is 14.8 Å². The number of benzene rings is 1. The third kappa shape index (κ3) is 3.66. The van der Waals surface area contributed by atoms with Gasteiger partial charge in [0.2, 0.25) is 5.91 Å². The van der Waals surface area contributed by atoms with E-state index in [9.17, 15) is 9.59 Å². The van der Waals surface area contributed by atoms with Crippen LogP contribution in [0.2, 0.25) is 0 Å². The van der Waals surface area contributed by atoms with Crippen molar-refractivity contribution in [2.24, 2.45) is 0 Å². The first-order chi connectivity index (χ1) is 15.1. The maximum atomic E-state index is 13.8. The fourth-order valence-corrected chi connectivity index (χ4v) is 6.14. The van der Waals surface area contributed by atoms with Crippen LogP contribution in [0.5, 0.6) is 0 Å². The summed E-state index contributed by atoms with van der Waals surface area (Å²) in [5.74, 6) is 0.0476. The average Bonchev–Trinajstić information content (AvgIpc) is 3.38. The average molecular weight is 422 g/mol. The molecule has 1 atom stereocenters. The highest BCUT2D eigenvalue weighted by Crippen LogP contribution is 2.38. The summed E-state index contributed by atoms with van der Waals surface area (Å²) in [5, 5.41) is 4.47. The van der Waals surface area contributed by atoms with Crippen LogP contribution in [0.1, 0.15) is 88.0 Å². The van der Waals surface area contributed by atoms with E-state index in [0.717, 1.165) is 55.1 Å². The molecule has 2 aromatic rings. The minimum Gasteiger partial charge on any atom is -0.351 e. The smallest absolute Gasteiger partial charge is 0.271 e. The summed E-state index contributed by atoms with van der Waals surface area (Å²) in [6.45, 7) is 2.52. The molecular weight excluding hydrogens is 386 g/mol. The lowest BCUT2D eigenvalue weighted by atomic mass is 9.90. The maximum absolute atomic E-state index is 13.8. The Morgan fingerprint density at radius 3 is 2.35 bits per heavy atom. The Labute approximate surface area is 185 Å². The summed E-state index contributed by atoms with van der Waals surface area (Å²) in [6, 6.07) is 10.5. The molecule has 0 spiro atoms. The third-order valence-electron chi connectivity index (χ3n) is 7.87. The van der Waals surface area contributed by atoms with E-state index >= 15 is 0 Å². The van der Waals surface area contributed by atoms with Crippen molar-refractivity contribution < 1.29 is 9.59 Å². The summed E-state index contributed by atoms with van der Waals surface area (Å²) in [7, 11) is 0. The predicted octanol–water partition coefficient (Wildman–Crippen LogP) is 5.03. The topological polar surface area (TPSA) is 54.3 Å². The molecular formula is C26H35N3O2. The fourth-order valence-electron chi connectivity index (χ4n) is 6.14. The first kappa shape index (κ1) is 20.6. The minimum atomic E-state index is -0.858. The van der Waals surface area contributed by atoms with Crippen molar-refractivity contribution in [1.29, 1.82) is 0 Å². The lowest BCUT2D eigenvalue weighted by molar-refractivity contribution is -0.135. The van der Waals surface area contributed by atoms with E-state index in [1.807, 2.05) is 30.0 Å². The van der Waals surface area contributed by atoms with Crippen LogP contribution < -0.4 is 5.32 Å². The van der Waals surface area contributed by atoms with Gasteiger partial charge in [-0.25, -0.2) is 0 Å². The number of nitrogens with zero attached hydrogens (tertiary/aromatic N) is 2. The zero-order valence-corrected chi connectivity index (χ0v) is 18.7. The summed E-state index contributed by atoms with van der Waals surface area (Å²) >= 11 is 0. The van der Waals surface area contributed by atoms with E-state index < -0.39 is 5.54 Å². The fraction of sp³-hybridized carbons (Fsp3) is 0.615. The van der Waals surface area contributed by atoms with Gasteiger partial charge in [-0.3, -0.25) is 9.59 Å². The Balaban J connectivity index is 1.50. The molecule has 0 saturated heterocycles. The predicted molar refractivity (Wildman–Crippen MR) is 123 cm³/mol. The van der Waals surface area contributed by atoms with Gasteiger partial charge in [-0.05, 0) is 44.7 Å². The third-order valence-corrected chi connectivity index (χ3v) is 7.87. The normalized spacial score (nSPS) is 26.0. The molecule has 1 aliphatic heterocycles. The van der Waals surface area contributed by atoms with Crippen LogP contribution in [-0.2, 0) is 11.3 Å². The van der Waals surface area contributed by atoms with Crippen LogP contribution in [0.4, 0.5) is 0 Å². The number of carbonyl (C=O) groups is 2. The lowest BCUT2D eigenvalue weighted by Crippen LogP contribution is -2.67. The van der Waals surface area contributed by atoms with E-state index in [-0.39, 0.29) is 23.9 Å². The molecule has 31 heavy (non-hydrogen) atoms. The molecule has 0 unspecified atom stereocenters. The number of fused-ring (bicyclic) bond motifs is 3. The van der Waals surface area contributed by atoms with Crippen LogP contribution >= 0.6 is 0 Å². The Hall–Kier alpha value is -2.30. The first-order valence-electron chi connectivity index (χ1n) is 12.3. The number of hydrogen-bond acceptors (Lipinski definition) is 2. The molecule has 3 aliphatic rings. The Bertz CT molecular complexity index is 966. The van der Waals surface area contributed by atoms with Gasteiger partial charge < -0.3 is 14.8 Å². The monoisotopic (exact) mass is 421 g/mol. The largest absolute Gasteiger partial charge is 0.351 e. The molecule has 166 valence electrons. The molecule has 2 heterocycles. The highest BCUT2D eigenvalue weighted by atomic mass is 16.2. The van der Waals surface area contributed by atoms with Crippen molar-refractivity contribution in [3.63, 3.8) is 0 Å². The number of amides is 2. The number of nitrogens with one attached hydrogen (secondary N) is 1. The zero-order chi connectivity index (χ0) is 21.4. The highest BCUT2D eigenvalue weighted by molar-refractivity contribution is 6.03. The number of rotatable bonds is 3. The Morgan fingerprint density at radius 2 is 1.61 bits per heavy atom. The van der Waals surface area contributed by atoms with Crippen molar-refractivity contribution in [3.8, 4) is 0 Å². The van der Waals surface area contributed by atoms with E-state index in [4.69, 9.17) is 0 Å². The van der Waals surface area contributed by atoms with Crippen molar-refractivity contribution >= 4 is 22.7 Å². The second-order valence-electron chi connectivity index (χ2n) is 10.1. The van der Waals surface area contributed by atoms with Crippen molar-refractivity contribution in [2.75, 3.05) is 0 Å². The molecule has 1 aromatic carbocycles. The molecule has 2 amide bonds. The number of hydrogen-bond donors (Lipinski definition) is 1. The summed E-state index contributed by atoms with van der Waals surface area (Å²) in [4.78, 5) is 29.6. The van der Waals surface area contributed by atoms with Crippen molar-refractivity contribution in [3.05, 3.63) is 36.0 Å². The molecule has 1 aromatic heterocycles. The molecule has 5 nitrogen and oxygen atoms in total. The summed E-state index contributed by atoms with van der Waals surface area (Å²) in [5.41, 5.74) is 0.912.